The summed E-state index contributed by atoms with van der Waals surface area (Å²) in [7, 11) is 1.74. The van der Waals surface area contributed by atoms with Crippen LogP contribution in [0.5, 0.6) is 11.5 Å². The predicted molar refractivity (Wildman–Crippen MR) is 120 cm³/mol. The molecule has 2 aromatic rings. The summed E-state index contributed by atoms with van der Waals surface area (Å²) in [6, 6.07) is 14.3. The summed E-state index contributed by atoms with van der Waals surface area (Å²) in [4.78, 5) is 4.23. The number of aliphatic imine (C=N–C) groups is 1. The van der Waals surface area contributed by atoms with Gasteiger partial charge in [-0.1, -0.05) is 24.3 Å². The maximum absolute atomic E-state index is 14.4. The number of hydrogen-bond donors (Lipinski definition) is 2. The fourth-order valence-electron chi connectivity index (χ4n) is 3.32. The van der Waals surface area contributed by atoms with Crippen LogP contribution < -0.4 is 15.4 Å². The highest BCUT2D eigenvalue weighted by Crippen LogP contribution is 2.25. The second-order valence-corrected chi connectivity index (χ2v) is 7.39. The summed E-state index contributed by atoms with van der Waals surface area (Å²) >= 11 is 0. The normalized spacial score (nSPS) is 15.0. The van der Waals surface area contributed by atoms with Gasteiger partial charge in [0.15, 0.2) is 17.5 Å². The molecule has 1 fully saturated rings. The lowest BCUT2D eigenvalue weighted by Gasteiger charge is -2.22. The van der Waals surface area contributed by atoms with Crippen molar-refractivity contribution >= 4 is 5.96 Å². The molecule has 0 aromatic heterocycles. The molecule has 0 bridgehead atoms. The average Bonchev–Trinajstić information content (AvgIpc) is 2.81. The number of nitrogens with one attached hydrogen (secondary N) is 2. The topological polar surface area (TPSA) is 64.1 Å². The van der Waals surface area contributed by atoms with Crippen molar-refractivity contribution < 1.29 is 18.6 Å². The van der Waals surface area contributed by atoms with Gasteiger partial charge in [0.1, 0.15) is 5.75 Å². The van der Waals surface area contributed by atoms with Crippen LogP contribution in [0, 0.1) is 5.82 Å². The maximum Gasteiger partial charge on any atom is 0.190 e. The molecule has 0 spiro atoms. The van der Waals surface area contributed by atoms with Gasteiger partial charge in [-0.25, -0.2) is 4.39 Å². The van der Waals surface area contributed by atoms with E-state index in [1.54, 1.807) is 25.2 Å². The van der Waals surface area contributed by atoms with Crippen LogP contribution in [0.2, 0.25) is 0 Å². The van der Waals surface area contributed by atoms with Gasteiger partial charge in [0.2, 0.25) is 0 Å². The molecule has 1 aliphatic rings. The molecule has 0 radical (unpaired) electrons. The van der Waals surface area contributed by atoms with Crippen molar-refractivity contribution in [2.45, 2.75) is 31.8 Å². The molecule has 3 rings (SSSR count). The van der Waals surface area contributed by atoms with Gasteiger partial charge in [0.25, 0.3) is 0 Å². The quantitative estimate of drug-likeness (QED) is 0.341. The zero-order valence-electron chi connectivity index (χ0n) is 18.1. The van der Waals surface area contributed by atoms with Crippen molar-refractivity contribution in [2.24, 2.45) is 4.99 Å². The van der Waals surface area contributed by atoms with E-state index in [1.165, 1.54) is 6.07 Å². The van der Waals surface area contributed by atoms with Crippen LogP contribution in [0.15, 0.2) is 53.5 Å². The fourth-order valence-corrected chi connectivity index (χ4v) is 3.32. The van der Waals surface area contributed by atoms with Crippen LogP contribution in [0.1, 0.15) is 24.8 Å². The molecule has 6 nitrogen and oxygen atoms in total. The highest BCUT2D eigenvalue weighted by molar-refractivity contribution is 5.79. The number of halogens is 1. The first-order valence-electron chi connectivity index (χ1n) is 10.9. The van der Waals surface area contributed by atoms with Gasteiger partial charge < -0.3 is 24.8 Å². The number of benzene rings is 2. The summed E-state index contributed by atoms with van der Waals surface area (Å²) < 4.78 is 31.2. The SMILES string of the molecule is CN=C(NCCCOC1CCOCC1)NCCc1ccc(Oc2ccccc2)c(F)c1. The van der Waals surface area contributed by atoms with Gasteiger partial charge in [-0.15, -0.1) is 0 Å². The first-order valence-corrected chi connectivity index (χ1v) is 10.9. The van der Waals surface area contributed by atoms with Crippen LogP contribution in [0.25, 0.3) is 0 Å². The zero-order valence-corrected chi connectivity index (χ0v) is 18.1. The van der Waals surface area contributed by atoms with Crippen LogP contribution in [-0.2, 0) is 15.9 Å². The molecule has 31 heavy (non-hydrogen) atoms. The molecule has 0 aliphatic carbocycles. The van der Waals surface area contributed by atoms with Crippen LogP contribution in [0.4, 0.5) is 4.39 Å². The fraction of sp³-hybridized carbons (Fsp3) is 0.458. The van der Waals surface area contributed by atoms with E-state index >= 15 is 0 Å². The number of para-hydroxylation sites is 1. The summed E-state index contributed by atoms with van der Waals surface area (Å²) in [5, 5.41) is 6.54. The first-order chi connectivity index (χ1) is 15.2. The Morgan fingerprint density at radius 3 is 2.61 bits per heavy atom. The first kappa shape index (κ1) is 23.0. The largest absolute Gasteiger partial charge is 0.454 e. The van der Waals surface area contributed by atoms with Crippen LogP contribution >= 0.6 is 0 Å². The van der Waals surface area contributed by atoms with E-state index in [4.69, 9.17) is 14.2 Å². The minimum atomic E-state index is -0.367. The Labute approximate surface area is 183 Å². The number of hydrogen-bond acceptors (Lipinski definition) is 4. The van der Waals surface area contributed by atoms with E-state index in [1.807, 2.05) is 24.3 Å². The van der Waals surface area contributed by atoms with Crippen molar-refractivity contribution in [1.29, 1.82) is 0 Å². The molecular formula is C24H32FN3O3. The van der Waals surface area contributed by atoms with Crippen molar-refractivity contribution in [2.75, 3.05) is 40.0 Å². The van der Waals surface area contributed by atoms with Crippen molar-refractivity contribution in [1.82, 2.24) is 10.6 Å². The molecule has 168 valence electrons. The van der Waals surface area contributed by atoms with E-state index in [0.29, 0.717) is 24.8 Å². The summed E-state index contributed by atoms with van der Waals surface area (Å²) in [6.07, 6.45) is 3.88. The average molecular weight is 430 g/mol. The third-order valence-electron chi connectivity index (χ3n) is 5.03. The molecule has 2 aromatic carbocycles. The lowest BCUT2D eigenvalue weighted by Crippen LogP contribution is -2.39. The lowest BCUT2D eigenvalue weighted by molar-refractivity contribution is -0.0320. The highest BCUT2D eigenvalue weighted by atomic mass is 19.1. The summed E-state index contributed by atoms with van der Waals surface area (Å²) in [5.41, 5.74) is 0.894. The van der Waals surface area contributed by atoms with E-state index in [0.717, 1.165) is 57.2 Å². The Hall–Kier alpha value is -2.64. The van der Waals surface area contributed by atoms with Gasteiger partial charge in [0.05, 0.1) is 6.10 Å². The Morgan fingerprint density at radius 1 is 1.10 bits per heavy atom. The second kappa shape index (κ2) is 12.9. The minimum Gasteiger partial charge on any atom is -0.454 e. The van der Waals surface area contributed by atoms with E-state index in [9.17, 15) is 4.39 Å². The third-order valence-corrected chi connectivity index (χ3v) is 5.03. The monoisotopic (exact) mass is 429 g/mol. The highest BCUT2D eigenvalue weighted by Gasteiger charge is 2.13. The molecule has 1 heterocycles. The standard InChI is InChI=1S/C24H32FN3O3/c1-26-24(27-13-5-15-30-20-11-16-29-17-12-20)28-14-10-19-8-9-23(22(25)18-19)31-21-6-3-2-4-7-21/h2-4,6-9,18,20H,5,10-17H2,1H3,(H2,26,27,28). The van der Waals surface area contributed by atoms with Crippen LogP contribution in [0.3, 0.4) is 0 Å². The van der Waals surface area contributed by atoms with E-state index in [-0.39, 0.29) is 11.6 Å². The van der Waals surface area contributed by atoms with Crippen molar-refractivity contribution in [3.8, 4) is 11.5 Å². The summed E-state index contributed by atoms with van der Waals surface area (Å²) in [6.45, 7) is 3.75. The van der Waals surface area contributed by atoms with Gasteiger partial charge >= 0.3 is 0 Å². The van der Waals surface area contributed by atoms with Gasteiger partial charge in [0, 0.05) is 40.0 Å². The Morgan fingerprint density at radius 2 is 1.87 bits per heavy atom. The number of guanidine groups is 1. The number of nitrogens with zero attached hydrogens (tertiary/aromatic N) is 1. The van der Waals surface area contributed by atoms with Crippen molar-refractivity contribution in [3.63, 3.8) is 0 Å². The smallest absolute Gasteiger partial charge is 0.190 e. The molecule has 0 atom stereocenters. The van der Waals surface area contributed by atoms with Gasteiger partial charge in [-0.3, -0.25) is 4.99 Å². The molecule has 7 heteroatoms. The van der Waals surface area contributed by atoms with Gasteiger partial charge in [-0.05, 0) is 55.5 Å². The molecule has 0 saturated carbocycles. The number of rotatable bonds is 10. The molecule has 0 amide bonds. The lowest BCUT2D eigenvalue weighted by atomic mass is 10.1. The molecule has 1 aliphatic heterocycles. The molecule has 1 saturated heterocycles. The maximum atomic E-state index is 14.4. The summed E-state index contributed by atoms with van der Waals surface area (Å²) in [5.74, 6) is 1.20. The van der Waals surface area contributed by atoms with Crippen molar-refractivity contribution in [3.05, 3.63) is 59.9 Å². The van der Waals surface area contributed by atoms with Crippen LogP contribution in [-0.4, -0.2) is 52.0 Å². The zero-order chi connectivity index (χ0) is 21.7. The molecular weight excluding hydrogens is 397 g/mol. The molecule has 2 N–H and O–H groups in total. The van der Waals surface area contributed by atoms with Gasteiger partial charge in [-0.2, -0.15) is 0 Å². The van der Waals surface area contributed by atoms with E-state index in [2.05, 4.69) is 15.6 Å². The molecule has 0 unspecified atom stereocenters. The Balaban J connectivity index is 1.33. The van der Waals surface area contributed by atoms with E-state index < -0.39 is 0 Å². The Kier molecular flexibility index (Phi) is 9.60. The minimum absolute atomic E-state index is 0.225. The predicted octanol–water partition coefficient (Wildman–Crippen LogP) is 3.91. The number of ether oxygens (including phenoxy) is 3. The second-order valence-electron chi connectivity index (χ2n) is 7.39. The third kappa shape index (κ3) is 8.19. The Bertz CT molecular complexity index is 811.